The Morgan fingerprint density at radius 3 is 2.37 bits per heavy atom. The van der Waals surface area contributed by atoms with E-state index in [1.165, 1.54) is 24.0 Å². The molecule has 2 N–H and O–H groups in total. The highest BCUT2D eigenvalue weighted by molar-refractivity contribution is 5.48. The van der Waals surface area contributed by atoms with E-state index in [-0.39, 0.29) is 0 Å². The van der Waals surface area contributed by atoms with Crippen molar-refractivity contribution in [2.24, 2.45) is 0 Å². The van der Waals surface area contributed by atoms with E-state index in [4.69, 9.17) is 9.47 Å². The van der Waals surface area contributed by atoms with Gasteiger partial charge in [0.15, 0.2) is 11.5 Å². The molecule has 1 aliphatic carbocycles. The Kier molecular flexibility index (Phi) is 4.66. The van der Waals surface area contributed by atoms with Crippen LogP contribution in [0.5, 0.6) is 11.5 Å². The van der Waals surface area contributed by atoms with Crippen molar-refractivity contribution < 1.29 is 9.47 Å². The number of nitrogens with one attached hydrogen (secondary N) is 2. The summed E-state index contributed by atoms with van der Waals surface area (Å²) in [7, 11) is 5.34. The largest absolute Gasteiger partial charge is 0.493 e. The third-order valence-corrected chi connectivity index (χ3v) is 3.68. The minimum Gasteiger partial charge on any atom is -0.493 e. The van der Waals surface area contributed by atoms with Crippen LogP contribution in [-0.2, 0) is 0 Å². The van der Waals surface area contributed by atoms with Gasteiger partial charge in [0.1, 0.15) is 0 Å². The number of rotatable bonds is 7. The Labute approximate surface area is 115 Å². The molecular weight excluding hydrogens is 240 g/mol. The summed E-state index contributed by atoms with van der Waals surface area (Å²) >= 11 is 0. The molecule has 0 aromatic heterocycles. The van der Waals surface area contributed by atoms with Gasteiger partial charge >= 0.3 is 0 Å². The molecule has 0 amide bonds. The molecular formula is C15H24N2O2. The van der Waals surface area contributed by atoms with Crippen molar-refractivity contribution in [3.8, 4) is 11.5 Å². The van der Waals surface area contributed by atoms with Gasteiger partial charge in [0.25, 0.3) is 0 Å². The van der Waals surface area contributed by atoms with E-state index in [1.807, 2.05) is 13.1 Å². The number of aryl methyl sites for hydroxylation is 1. The average Bonchev–Trinajstić information content (AvgIpc) is 3.24. The first-order valence-corrected chi connectivity index (χ1v) is 6.82. The van der Waals surface area contributed by atoms with Crippen molar-refractivity contribution >= 4 is 0 Å². The van der Waals surface area contributed by atoms with E-state index < -0.39 is 0 Å². The third kappa shape index (κ3) is 3.39. The van der Waals surface area contributed by atoms with Crippen LogP contribution in [0.3, 0.4) is 0 Å². The van der Waals surface area contributed by atoms with Crippen molar-refractivity contribution in [2.75, 3.05) is 27.8 Å². The number of hydrogen-bond donors (Lipinski definition) is 2. The van der Waals surface area contributed by atoms with Gasteiger partial charge in [-0.25, -0.2) is 0 Å². The normalized spacial score (nSPS) is 16.2. The third-order valence-electron chi connectivity index (χ3n) is 3.68. The second kappa shape index (κ2) is 6.26. The molecule has 0 radical (unpaired) electrons. The predicted molar refractivity (Wildman–Crippen MR) is 77.1 cm³/mol. The Morgan fingerprint density at radius 1 is 1.21 bits per heavy atom. The van der Waals surface area contributed by atoms with Gasteiger partial charge in [0.2, 0.25) is 0 Å². The van der Waals surface area contributed by atoms with E-state index in [0.717, 1.165) is 24.1 Å². The van der Waals surface area contributed by atoms with Crippen LogP contribution in [0.2, 0.25) is 0 Å². The van der Waals surface area contributed by atoms with Crippen LogP contribution in [0.25, 0.3) is 0 Å². The lowest BCUT2D eigenvalue weighted by molar-refractivity contribution is 0.353. The maximum Gasteiger partial charge on any atom is 0.161 e. The maximum absolute atomic E-state index is 5.39. The topological polar surface area (TPSA) is 42.5 Å². The van der Waals surface area contributed by atoms with Crippen LogP contribution in [0.15, 0.2) is 12.1 Å². The molecule has 0 bridgehead atoms. The zero-order valence-corrected chi connectivity index (χ0v) is 12.2. The smallest absolute Gasteiger partial charge is 0.161 e. The zero-order chi connectivity index (χ0) is 13.8. The van der Waals surface area contributed by atoms with Crippen LogP contribution in [0.4, 0.5) is 0 Å². The summed E-state index contributed by atoms with van der Waals surface area (Å²) in [6.07, 6.45) is 2.61. The lowest BCUT2D eigenvalue weighted by atomic mass is 10.00. The highest BCUT2D eigenvalue weighted by Gasteiger charge is 2.23. The Bertz CT molecular complexity index is 430. The van der Waals surface area contributed by atoms with Crippen molar-refractivity contribution in [3.63, 3.8) is 0 Å². The highest BCUT2D eigenvalue weighted by atomic mass is 16.5. The number of likely N-dealkylation sites (N-methyl/N-ethyl adjacent to an activating group) is 1. The van der Waals surface area contributed by atoms with Gasteiger partial charge in [-0.2, -0.15) is 0 Å². The first kappa shape index (κ1) is 14.2. The standard InChI is InChI=1S/C15H24N2O2/c1-10-7-14(18-3)15(19-4)8-12(10)13(16-2)9-17-11-5-6-11/h7-8,11,13,16-17H,5-6,9H2,1-4H3. The van der Waals surface area contributed by atoms with Crippen molar-refractivity contribution in [3.05, 3.63) is 23.3 Å². The Morgan fingerprint density at radius 2 is 1.84 bits per heavy atom. The van der Waals surface area contributed by atoms with E-state index in [0.29, 0.717) is 6.04 Å². The Hall–Kier alpha value is -1.26. The monoisotopic (exact) mass is 264 g/mol. The summed E-state index contributed by atoms with van der Waals surface area (Å²) in [5.74, 6) is 1.57. The van der Waals surface area contributed by atoms with Crippen LogP contribution in [-0.4, -0.2) is 33.9 Å². The minimum absolute atomic E-state index is 0.292. The number of ether oxygens (including phenoxy) is 2. The molecule has 1 aromatic carbocycles. The molecule has 1 unspecified atom stereocenters. The van der Waals surface area contributed by atoms with Crippen LogP contribution >= 0.6 is 0 Å². The molecule has 0 spiro atoms. The Balaban J connectivity index is 2.19. The molecule has 106 valence electrons. The van der Waals surface area contributed by atoms with E-state index in [1.54, 1.807) is 14.2 Å². The average molecular weight is 264 g/mol. The molecule has 1 aliphatic rings. The maximum atomic E-state index is 5.39. The fourth-order valence-electron chi connectivity index (χ4n) is 2.31. The second-order valence-corrected chi connectivity index (χ2v) is 5.09. The van der Waals surface area contributed by atoms with Crippen molar-refractivity contribution in [1.29, 1.82) is 0 Å². The minimum atomic E-state index is 0.292. The van der Waals surface area contributed by atoms with Gasteiger partial charge in [-0.1, -0.05) is 0 Å². The molecule has 2 rings (SSSR count). The van der Waals surface area contributed by atoms with Gasteiger partial charge < -0.3 is 20.1 Å². The predicted octanol–water partition coefficient (Wildman–Crippen LogP) is 2.02. The van der Waals surface area contributed by atoms with Crippen molar-refractivity contribution in [2.45, 2.75) is 31.8 Å². The molecule has 4 nitrogen and oxygen atoms in total. The lowest BCUT2D eigenvalue weighted by Gasteiger charge is -2.21. The van der Waals surface area contributed by atoms with Crippen LogP contribution in [0, 0.1) is 6.92 Å². The van der Waals surface area contributed by atoms with Crippen molar-refractivity contribution in [1.82, 2.24) is 10.6 Å². The molecule has 1 saturated carbocycles. The summed E-state index contributed by atoms with van der Waals surface area (Å²) in [6, 6.07) is 5.12. The molecule has 0 saturated heterocycles. The first-order valence-electron chi connectivity index (χ1n) is 6.82. The van der Waals surface area contributed by atoms with Gasteiger partial charge in [-0.05, 0) is 50.1 Å². The highest BCUT2D eigenvalue weighted by Crippen LogP contribution is 2.33. The number of hydrogen-bond acceptors (Lipinski definition) is 4. The molecule has 1 fully saturated rings. The number of benzene rings is 1. The molecule has 19 heavy (non-hydrogen) atoms. The van der Waals surface area contributed by atoms with Crippen LogP contribution < -0.4 is 20.1 Å². The molecule has 4 heteroatoms. The van der Waals surface area contributed by atoms with E-state index in [2.05, 4.69) is 23.6 Å². The number of methoxy groups -OCH3 is 2. The fourth-order valence-corrected chi connectivity index (χ4v) is 2.31. The van der Waals surface area contributed by atoms with E-state index >= 15 is 0 Å². The SMILES string of the molecule is CNC(CNC1CC1)c1cc(OC)c(OC)cc1C. The second-order valence-electron chi connectivity index (χ2n) is 5.09. The molecule has 0 heterocycles. The summed E-state index contributed by atoms with van der Waals surface area (Å²) in [4.78, 5) is 0. The summed E-state index contributed by atoms with van der Waals surface area (Å²) < 4.78 is 10.7. The summed E-state index contributed by atoms with van der Waals surface area (Å²) in [6.45, 7) is 3.05. The molecule has 1 aromatic rings. The molecule has 1 atom stereocenters. The first-order chi connectivity index (χ1) is 9.19. The summed E-state index contributed by atoms with van der Waals surface area (Å²) in [5.41, 5.74) is 2.47. The van der Waals surface area contributed by atoms with Gasteiger partial charge in [0.05, 0.1) is 14.2 Å². The quantitative estimate of drug-likeness (QED) is 0.791. The zero-order valence-electron chi connectivity index (χ0n) is 12.2. The van der Waals surface area contributed by atoms with E-state index in [9.17, 15) is 0 Å². The fraction of sp³-hybridized carbons (Fsp3) is 0.600. The molecule has 0 aliphatic heterocycles. The van der Waals surface area contributed by atoms with Gasteiger partial charge in [-0.15, -0.1) is 0 Å². The lowest BCUT2D eigenvalue weighted by Crippen LogP contribution is -2.31. The van der Waals surface area contributed by atoms with Crippen LogP contribution in [0.1, 0.15) is 30.0 Å². The summed E-state index contributed by atoms with van der Waals surface area (Å²) in [5, 5.41) is 6.94. The van der Waals surface area contributed by atoms with Gasteiger partial charge in [0, 0.05) is 18.6 Å². The van der Waals surface area contributed by atoms with Gasteiger partial charge in [-0.3, -0.25) is 0 Å².